The van der Waals surface area contributed by atoms with Crippen LogP contribution in [0.25, 0.3) is 0 Å². The highest BCUT2D eigenvalue weighted by molar-refractivity contribution is 7.47. The molecule has 9 heteroatoms. The lowest BCUT2D eigenvalue weighted by Crippen LogP contribution is -2.28. The van der Waals surface area contributed by atoms with Gasteiger partial charge in [0.05, 0.1) is 19.8 Å². The maximum Gasteiger partial charge on any atom is 0.472 e. The summed E-state index contributed by atoms with van der Waals surface area (Å²) in [5.74, 6) is -0.348. The number of ether oxygens (including phenoxy) is 2. The van der Waals surface area contributed by atoms with Crippen LogP contribution in [0.2, 0.25) is 0 Å². The zero-order valence-electron chi connectivity index (χ0n) is 34.4. The molecule has 8 nitrogen and oxygen atoms in total. The van der Waals surface area contributed by atoms with Gasteiger partial charge in [0.1, 0.15) is 6.10 Å². The van der Waals surface area contributed by atoms with Crippen LogP contribution >= 0.6 is 7.82 Å². The zero-order chi connectivity index (χ0) is 39.5. The average Bonchev–Trinajstić information content (AvgIpc) is 3.16. The van der Waals surface area contributed by atoms with E-state index in [9.17, 15) is 14.3 Å². The van der Waals surface area contributed by atoms with Gasteiger partial charge in [-0.15, -0.1) is 0 Å². The van der Waals surface area contributed by atoms with E-state index in [-0.39, 0.29) is 32.3 Å². The van der Waals surface area contributed by atoms with Gasteiger partial charge >= 0.3 is 13.8 Å². The molecule has 0 spiro atoms. The maximum atomic E-state index is 12.6. The molecule has 3 N–H and O–H groups in total. The van der Waals surface area contributed by atoms with Crippen LogP contribution < -0.4 is 5.73 Å². The van der Waals surface area contributed by atoms with Crippen molar-refractivity contribution in [1.29, 1.82) is 0 Å². The lowest BCUT2D eigenvalue weighted by atomic mass is 10.1. The average molecular weight is 778 g/mol. The molecule has 0 heterocycles. The summed E-state index contributed by atoms with van der Waals surface area (Å²) in [4.78, 5) is 22.4. The molecule has 0 rings (SSSR count). The fourth-order valence-electron chi connectivity index (χ4n) is 5.53. The van der Waals surface area contributed by atoms with Crippen molar-refractivity contribution in [2.24, 2.45) is 5.73 Å². The molecule has 0 aliphatic carbocycles. The second kappa shape index (κ2) is 42.1. The van der Waals surface area contributed by atoms with Crippen molar-refractivity contribution in [3.05, 3.63) is 72.9 Å². The highest BCUT2D eigenvalue weighted by Crippen LogP contribution is 2.43. The standard InChI is InChI=1S/C45H80NO7P/c1-3-5-7-9-11-13-15-16-17-18-19-20-21-22-23-24-25-26-27-28-29-30-32-34-36-38-45(47)53-44(43-52-54(48,49)51-41-39-46)42-50-40-37-35-33-31-14-12-10-8-6-4-2/h5,7,11,13,16-17,19-20,22-23,25-26,44H,3-4,6,8-10,12,14-15,18,21,24,27-43,46H2,1-2H3,(H,48,49)/b7-5-,13-11-,17-16-,20-19-,23-22-,26-25-. The number of carbonyl (C=O) groups is 1. The lowest BCUT2D eigenvalue weighted by Gasteiger charge is -2.20. The molecule has 0 aromatic rings. The molecule has 0 aliphatic rings. The van der Waals surface area contributed by atoms with E-state index >= 15 is 0 Å². The Balaban J connectivity index is 4.03. The molecule has 0 aromatic carbocycles. The normalized spacial score (nSPS) is 14.2. The maximum absolute atomic E-state index is 12.6. The number of phosphoric acid groups is 1. The fourth-order valence-corrected chi connectivity index (χ4v) is 6.29. The zero-order valence-corrected chi connectivity index (χ0v) is 35.3. The molecule has 312 valence electrons. The van der Waals surface area contributed by atoms with Crippen molar-refractivity contribution in [2.75, 3.05) is 33.0 Å². The third kappa shape index (κ3) is 41.1. The Hall–Kier alpha value is -2.06. The third-order valence-electron chi connectivity index (χ3n) is 8.64. The number of nitrogens with two attached hydrogens (primary N) is 1. The molecule has 0 aromatic heterocycles. The molecule has 0 bridgehead atoms. The van der Waals surface area contributed by atoms with E-state index in [2.05, 4.69) is 86.8 Å². The Bertz CT molecular complexity index is 1050. The summed E-state index contributed by atoms with van der Waals surface area (Å²) < 4.78 is 33.3. The van der Waals surface area contributed by atoms with Crippen LogP contribution in [0.4, 0.5) is 0 Å². The first-order chi connectivity index (χ1) is 26.4. The van der Waals surface area contributed by atoms with Gasteiger partial charge in [0.2, 0.25) is 0 Å². The largest absolute Gasteiger partial charge is 0.472 e. The predicted molar refractivity (Wildman–Crippen MR) is 228 cm³/mol. The molecular weight excluding hydrogens is 697 g/mol. The minimum Gasteiger partial charge on any atom is -0.457 e. The second-order valence-corrected chi connectivity index (χ2v) is 15.3. The molecule has 0 aliphatic heterocycles. The van der Waals surface area contributed by atoms with E-state index in [1.54, 1.807) is 0 Å². The third-order valence-corrected chi connectivity index (χ3v) is 9.62. The molecule has 0 amide bonds. The van der Waals surface area contributed by atoms with Gasteiger partial charge < -0.3 is 20.1 Å². The first kappa shape index (κ1) is 51.9. The van der Waals surface area contributed by atoms with Crippen LogP contribution in [0.5, 0.6) is 0 Å². The molecular formula is C45H80NO7P. The summed E-state index contributed by atoms with van der Waals surface area (Å²) in [7, 11) is -4.28. The molecule has 0 radical (unpaired) electrons. The Morgan fingerprint density at radius 3 is 1.56 bits per heavy atom. The summed E-state index contributed by atoms with van der Waals surface area (Å²) in [5.41, 5.74) is 5.36. The first-order valence-corrected chi connectivity index (χ1v) is 22.9. The highest BCUT2D eigenvalue weighted by Gasteiger charge is 2.25. The van der Waals surface area contributed by atoms with E-state index in [4.69, 9.17) is 24.3 Å². The van der Waals surface area contributed by atoms with E-state index in [0.29, 0.717) is 13.0 Å². The van der Waals surface area contributed by atoms with Gasteiger partial charge in [-0.05, 0) is 64.2 Å². The minimum atomic E-state index is -4.28. The quantitative estimate of drug-likeness (QED) is 0.0273. The molecule has 2 atom stereocenters. The number of carbonyl (C=O) groups excluding carboxylic acids is 1. The van der Waals surface area contributed by atoms with Gasteiger partial charge in [0.25, 0.3) is 0 Å². The monoisotopic (exact) mass is 778 g/mol. The fraction of sp³-hybridized carbons (Fsp3) is 0.711. The summed E-state index contributed by atoms with van der Waals surface area (Å²) in [6.07, 6.45) is 52.1. The van der Waals surface area contributed by atoms with Gasteiger partial charge in [0, 0.05) is 19.6 Å². The summed E-state index contributed by atoms with van der Waals surface area (Å²) in [5, 5.41) is 0. The summed E-state index contributed by atoms with van der Waals surface area (Å²) in [6, 6.07) is 0. The number of hydrogen-bond donors (Lipinski definition) is 2. The van der Waals surface area contributed by atoms with Crippen molar-refractivity contribution in [3.63, 3.8) is 0 Å². The van der Waals surface area contributed by atoms with E-state index in [0.717, 1.165) is 83.5 Å². The van der Waals surface area contributed by atoms with Gasteiger partial charge in [0.15, 0.2) is 0 Å². The number of rotatable bonds is 40. The van der Waals surface area contributed by atoms with Crippen molar-refractivity contribution < 1.29 is 32.8 Å². The number of esters is 1. The van der Waals surface area contributed by atoms with Crippen LogP contribution in [0.1, 0.15) is 168 Å². The molecule has 0 saturated heterocycles. The number of allylic oxidation sites excluding steroid dienone is 12. The molecule has 0 saturated carbocycles. The SMILES string of the molecule is CC/C=C\C/C=C\C/C=C\C/C=C\C/C=C\C/C=C\CCCCCCCCC(=O)OC(COCCCCCCCCCCCC)COP(=O)(O)OCCN. The number of hydrogen-bond acceptors (Lipinski definition) is 7. The Morgan fingerprint density at radius 2 is 1.04 bits per heavy atom. The second-order valence-electron chi connectivity index (χ2n) is 13.8. The van der Waals surface area contributed by atoms with Gasteiger partial charge in [-0.1, -0.05) is 170 Å². The Morgan fingerprint density at radius 1 is 0.574 bits per heavy atom. The molecule has 2 unspecified atom stereocenters. The van der Waals surface area contributed by atoms with Crippen LogP contribution in [-0.4, -0.2) is 49.9 Å². The smallest absolute Gasteiger partial charge is 0.457 e. The van der Waals surface area contributed by atoms with E-state index in [1.165, 1.54) is 64.2 Å². The van der Waals surface area contributed by atoms with E-state index < -0.39 is 13.9 Å². The van der Waals surface area contributed by atoms with Crippen LogP contribution in [0, 0.1) is 0 Å². The number of unbranched alkanes of at least 4 members (excludes halogenated alkanes) is 15. The van der Waals surface area contributed by atoms with Crippen molar-refractivity contribution in [1.82, 2.24) is 0 Å². The van der Waals surface area contributed by atoms with Gasteiger partial charge in [-0.2, -0.15) is 0 Å². The summed E-state index contributed by atoms with van der Waals surface area (Å²) >= 11 is 0. The van der Waals surface area contributed by atoms with Gasteiger partial charge in [-0.25, -0.2) is 4.57 Å². The van der Waals surface area contributed by atoms with E-state index in [1.807, 2.05) is 0 Å². The van der Waals surface area contributed by atoms with Crippen molar-refractivity contribution in [2.45, 2.75) is 174 Å². The van der Waals surface area contributed by atoms with Crippen molar-refractivity contribution >= 4 is 13.8 Å². The van der Waals surface area contributed by atoms with Crippen molar-refractivity contribution in [3.8, 4) is 0 Å². The molecule has 54 heavy (non-hydrogen) atoms. The Kier molecular flexibility index (Phi) is 40.5. The van der Waals surface area contributed by atoms with Crippen LogP contribution in [0.3, 0.4) is 0 Å². The minimum absolute atomic E-state index is 0.0950. The topological polar surface area (TPSA) is 117 Å². The van der Waals surface area contributed by atoms with Crippen LogP contribution in [0.15, 0.2) is 72.9 Å². The lowest BCUT2D eigenvalue weighted by molar-refractivity contribution is -0.154. The summed E-state index contributed by atoms with van der Waals surface area (Å²) in [6.45, 7) is 4.77. The van der Waals surface area contributed by atoms with Crippen LogP contribution in [-0.2, 0) is 27.9 Å². The Labute approximate surface area is 331 Å². The first-order valence-electron chi connectivity index (χ1n) is 21.4. The predicted octanol–water partition coefficient (Wildman–Crippen LogP) is 12.7. The number of phosphoric ester groups is 1. The highest BCUT2D eigenvalue weighted by atomic mass is 31.2. The van der Waals surface area contributed by atoms with Gasteiger partial charge in [-0.3, -0.25) is 13.8 Å². The molecule has 0 fully saturated rings.